The van der Waals surface area contributed by atoms with Crippen molar-refractivity contribution in [3.8, 4) is 11.5 Å². The summed E-state index contributed by atoms with van der Waals surface area (Å²) in [5.41, 5.74) is 2.84. The third-order valence-corrected chi connectivity index (χ3v) is 5.32. The second-order valence-corrected chi connectivity index (χ2v) is 7.49. The Morgan fingerprint density at radius 1 is 1.03 bits per heavy atom. The number of ether oxygens (including phenoxy) is 2. The molecular formula is C22H18Cl2N4O3. The first-order valence-electron chi connectivity index (χ1n) is 9.29. The van der Waals surface area contributed by atoms with Crippen LogP contribution in [0.2, 0.25) is 10.0 Å². The van der Waals surface area contributed by atoms with Gasteiger partial charge in [0.1, 0.15) is 22.8 Å². The molecular weight excluding hydrogens is 439 g/mol. The van der Waals surface area contributed by atoms with Crippen molar-refractivity contribution >= 4 is 45.8 Å². The number of halogens is 2. The first kappa shape index (κ1) is 21.0. The molecule has 7 nitrogen and oxygen atoms in total. The SMILES string of the molecule is COc1ccc(Cc2nc3c(OC)ccc(C(=O)Nc4c(Cl)cncc4Cl)c3[nH]2)cc1. The number of H-pyrrole nitrogens is 1. The fourth-order valence-corrected chi connectivity index (χ4v) is 3.66. The van der Waals surface area contributed by atoms with E-state index in [0.717, 1.165) is 11.3 Å². The van der Waals surface area contributed by atoms with E-state index in [-0.39, 0.29) is 16.0 Å². The van der Waals surface area contributed by atoms with Crippen molar-refractivity contribution in [1.29, 1.82) is 0 Å². The Balaban J connectivity index is 1.69. The standard InChI is InChI=1S/C22H18Cl2N4O3/c1-30-13-5-3-12(4-6-13)9-18-26-19-14(7-8-17(31-2)21(19)27-18)22(29)28-20-15(23)10-25-11-16(20)24/h3-8,10-11H,9H2,1-2H3,(H,26,27)(H,25,28,29). The van der Waals surface area contributed by atoms with E-state index in [1.807, 2.05) is 24.3 Å². The number of anilines is 1. The fourth-order valence-electron chi connectivity index (χ4n) is 3.20. The molecule has 0 atom stereocenters. The normalized spacial score (nSPS) is 10.8. The van der Waals surface area contributed by atoms with Crippen LogP contribution in [0.1, 0.15) is 21.7 Å². The summed E-state index contributed by atoms with van der Waals surface area (Å²) < 4.78 is 10.6. The van der Waals surface area contributed by atoms with Crippen LogP contribution >= 0.6 is 23.2 Å². The number of aromatic nitrogens is 3. The van der Waals surface area contributed by atoms with E-state index in [1.54, 1.807) is 26.4 Å². The van der Waals surface area contributed by atoms with E-state index in [1.165, 1.54) is 12.4 Å². The van der Waals surface area contributed by atoms with Crippen LogP contribution in [-0.2, 0) is 6.42 Å². The van der Waals surface area contributed by atoms with Gasteiger partial charge in [0, 0.05) is 18.8 Å². The first-order chi connectivity index (χ1) is 15.0. The van der Waals surface area contributed by atoms with Gasteiger partial charge < -0.3 is 19.8 Å². The van der Waals surface area contributed by atoms with Gasteiger partial charge in [-0.15, -0.1) is 0 Å². The highest BCUT2D eigenvalue weighted by Gasteiger charge is 2.19. The van der Waals surface area contributed by atoms with E-state index in [0.29, 0.717) is 40.3 Å². The molecule has 9 heteroatoms. The highest BCUT2D eigenvalue weighted by atomic mass is 35.5. The minimum Gasteiger partial charge on any atom is -0.497 e. The largest absolute Gasteiger partial charge is 0.497 e. The zero-order valence-corrected chi connectivity index (χ0v) is 18.2. The molecule has 0 aliphatic rings. The van der Waals surface area contributed by atoms with Crippen LogP contribution < -0.4 is 14.8 Å². The maximum atomic E-state index is 13.0. The van der Waals surface area contributed by atoms with Crippen molar-refractivity contribution in [2.75, 3.05) is 19.5 Å². The number of hydrogen-bond acceptors (Lipinski definition) is 5. The summed E-state index contributed by atoms with van der Waals surface area (Å²) in [6.07, 6.45) is 3.37. The molecule has 31 heavy (non-hydrogen) atoms. The Morgan fingerprint density at radius 3 is 2.39 bits per heavy atom. The van der Waals surface area contributed by atoms with Crippen LogP contribution in [0.4, 0.5) is 5.69 Å². The average molecular weight is 457 g/mol. The predicted molar refractivity (Wildman–Crippen MR) is 121 cm³/mol. The zero-order valence-electron chi connectivity index (χ0n) is 16.7. The summed E-state index contributed by atoms with van der Waals surface area (Å²) in [7, 11) is 3.18. The number of benzene rings is 2. The molecule has 2 aromatic heterocycles. The molecule has 0 aliphatic carbocycles. The van der Waals surface area contributed by atoms with Crippen molar-refractivity contribution in [1.82, 2.24) is 15.0 Å². The number of imidazole rings is 1. The molecule has 0 bridgehead atoms. The zero-order chi connectivity index (χ0) is 22.0. The Labute approximate surface area is 188 Å². The van der Waals surface area contributed by atoms with Crippen molar-refractivity contribution in [2.24, 2.45) is 0 Å². The van der Waals surface area contributed by atoms with Gasteiger partial charge in [-0.1, -0.05) is 35.3 Å². The molecule has 158 valence electrons. The number of amides is 1. The summed E-state index contributed by atoms with van der Waals surface area (Å²) in [5.74, 6) is 1.65. The van der Waals surface area contributed by atoms with Crippen molar-refractivity contribution < 1.29 is 14.3 Å². The lowest BCUT2D eigenvalue weighted by atomic mass is 10.1. The third kappa shape index (κ3) is 4.28. The van der Waals surface area contributed by atoms with Crippen molar-refractivity contribution in [3.05, 3.63) is 75.8 Å². The molecule has 0 radical (unpaired) electrons. The lowest BCUT2D eigenvalue weighted by molar-refractivity contribution is 0.102. The summed E-state index contributed by atoms with van der Waals surface area (Å²) >= 11 is 12.3. The highest BCUT2D eigenvalue weighted by Crippen LogP contribution is 2.31. The number of carbonyl (C=O) groups excluding carboxylic acids is 1. The fraction of sp³-hybridized carbons (Fsp3) is 0.136. The molecule has 2 N–H and O–H groups in total. The van der Waals surface area contributed by atoms with Gasteiger partial charge in [0.2, 0.25) is 0 Å². The van der Waals surface area contributed by atoms with Gasteiger partial charge in [-0.25, -0.2) is 4.98 Å². The van der Waals surface area contributed by atoms with E-state index >= 15 is 0 Å². The molecule has 1 amide bonds. The van der Waals surface area contributed by atoms with Gasteiger partial charge in [-0.3, -0.25) is 9.78 Å². The number of nitrogens with zero attached hydrogens (tertiary/aromatic N) is 2. The quantitative estimate of drug-likeness (QED) is 0.419. The number of pyridine rings is 1. The van der Waals surface area contributed by atoms with Gasteiger partial charge in [0.05, 0.1) is 41.0 Å². The maximum Gasteiger partial charge on any atom is 0.257 e. The van der Waals surface area contributed by atoms with Crippen LogP contribution in [0.15, 0.2) is 48.8 Å². The summed E-state index contributed by atoms with van der Waals surface area (Å²) in [6, 6.07) is 11.1. The molecule has 4 rings (SSSR count). The number of carbonyl (C=O) groups is 1. The molecule has 2 heterocycles. The molecule has 4 aromatic rings. The van der Waals surface area contributed by atoms with Crippen LogP contribution in [0.3, 0.4) is 0 Å². The number of aromatic amines is 1. The number of hydrogen-bond donors (Lipinski definition) is 2. The Bertz CT molecular complexity index is 1240. The molecule has 0 fully saturated rings. The summed E-state index contributed by atoms with van der Waals surface area (Å²) in [6.45, 7) is 0. The van der Waals surface area contributed by atoms with Gasteiger partial charge in [0.25, 0.3) is 5.91 Å². The summed E-state index contributed by atoms with van der Waals surface area (Å²) in [5, 5.41) is 3.24. The number of nitrogens with one attached hydrogen (secondary N) is 2. The smallest absolute Gasteiger partial charge is 0.257 e. The van der Waals surface area contributed by atoms with E-state index in [2.05, 4.69) is 20.3 Å². The number of fused-ring (bicyclic) bond motifs is 1. The minimum absolute atomic E-state index is 0.246. The predicted octanol–water partition coefficient (Wildman–Crippen LogP) is 5.13. The van der Waals surface area contributed by atoms with Crippen LogP contribution in [0, 0.1) is 0 Å². The second kappa shape index (κ2) is 8.83. The molecule has 0 saturated heterocycles. The van der Waals surface area contributed by atoms with Crippen LogP contribution in [0.25, 0.3) is 11.0 Å². The molecule has 0 unspecified atom stereocenters. The monoisotopic (exact) mass is 456 g/mol. The lowest BCUT2D eigenvalue weighted by Crippen LogP contribution is -2.13. The topological polar surface area (TPSA) is 89.1 Å². The van der Waals surface area contributed by atoms with E-state index < -0.39 is 0 Å². The van der Waals surface area contributed by atoms with E-state index in [4.69, 9.17) is 32.7 Å². The van der Waals surface area contributed by atoms with Crippen molar-refractivity contribution in [2.45, 2.75) is 6.42 Å². The van der Waals surface area contributed by atoms with E-state index in [9.17, 15) is 4.79 Å². The minimum atomic E-state index is -0.387. The van der Waals surface area contributed by atoms with Gasteiger partial charge >= 0.3 is 0 Å². The average Bonchev–Trinajstić information content (AvgIpc) is 3.19. The molecule has 0 saturated carbocycles. The van der Waals surface area contributed by atoms with Crippen molar-refractivity contribution in [3.63, 3.8) is 0 Å². The van der Waals surface area contributed by atoms with Crippen LogP contribution in [-0.4, -0.2) is 35.1 Å². The van der Waals surface area contributed by atoms with Gasteiger partial charge in [-0.2, -0.15) is 0 Å². The Kier molecular flexibility index (Phi) is 5.97. The lowest BCUT2D eigenvalue weighted by Gasteiger charge is -2.10. The third-order valence-electron chi connectivity index (χ3n) is 4.74. The molecule has 0 aliphatic heterocycles. The molecule has 2 aromatic carbocycles. The van der Waals surface area contributed by atoms with Gasteiger partial charge in [-0.05, 0) is 29.8 Å². The summed E-state index contributed by atoms with van der Waals surface area (Å²) in [4.78, 5) is 24.8. The first-order valence-corrected chi connectivity index (χ1v) is 10.0. The Hall–Kier alpha value is -3.29. The van der Waals surface area contributed by atoms with Gasteiger partial charge in [0.15, 0.2) is 0 Å². The Morgan fingerprint density at radius 2 is 1.74 bits per heavy atom. The number of rotatable bonds is 6. The number of methoxy groups -OCH3 is 2. The highest BCUT2D eigenvalue weighted by molar-refractivity contribution is 6.39. The second-order valence-electron chi connectivity index (χ2n) is 6.68. The molecule has 0 spiro atoms. The maximum absolute atomic E-state index is 13.0. The van der Waals surface area contributed by atoms with Crippen LogP contribution in [0.5, 0.6) is 11.5 Å².